The molecule has 0 radical (unpaired) electrons. The molecule has 3 nitrogen and oxygen atoms in total. The number of thiophene rings is 1. The second-order valence-electron chi connectivity index (χ2n) is 5.61. The minimum Gasteiger partial charge on any atom is -0.328 e. The second-order valence-corrected chi connectivity index (χ2v) is 7.20. The van der Waals surface area contributed by atoms with E-state index in [0.29, 0.717) is 10.8 Å². The minimum absolute atomic E-state index is 0.0401. The number of rotatable bonds is 3. The van der Waals surface area contributed by atoms with Gasteiger partial charge in [-0.1, -0.05) is 26.2 Å². The van der Waals surface area contributed by atoms with Crippen LogP contribution in [0.3, 0.4) is 0 Å². The van der Waals surface area contributed by atoms with Gasteiger partial charge in [-0.3, -0.25) is 9.69 Å². The van der Waals surface area contributed by atoms with Crippen molar-refractivity contribution in [3.05, 3.63) is 27.6 Å². The summed E-state index contributed by atoms with van der Waals surface area (Å²) in [6, 6.07) is 4.47. The fourth-order valence-corrected chi connectivity index (χ4v) is 4.26. The molecular formula is C16H20N2OS2. The quantitative estimate of drug-likeness (QED) is 0.681. The molecule has 112 valence electrons. The van der Waals surface area contributed by atoms with Gasteiger partial charge >= 0.3 is 0 Å². The Morgan fingerprint density at radius 3 is 2.81 bits per heavy atom. The van der Waals surface area contributed by atoms with Crippen LogP contribution in [0.4, 0.5) is 0 Å². The maximum absolute atomic E-state index is 12.6. The van der Waals surface area contributed by atoms with Gasteiger partial charge in [0.1, 0.15) is 5.70 Å². The summed E-state index contributed by atoms with van der Waals surface area (Å²) in [5, 5.41) is 3.68. The monoisotopic (exact) mass is 320 g/mol. The maximum atomic E-state index is 12.6. The lowest BCUT2D eigenvalue weighted by molar-refractivity contribution is -0.124. The number of nitrogens with zero attached hydrogens (tertiary/aromatic N) is 1. The first-order valence-electron chi connectivity index (χ1n) is 7.64. The topological polar surface area (TPSA) is 32.3 Å². The fraction of sp³-hybridized carbons (Fsp3) is 0.500. The van der Waals surface area contributed by atoms with Gasteiger partial charge in [0.05, 0.1) is 0 Å². The van der Waals surface area contributed by atoms with Gasteiger partial charge in [-0.05, 0) is 49.7 Å². The number of aryl methyl sites for hydroxylation is 1. The van der Waals surface area contributed by atoms with Gasteiger partial charge in [0.15, 0.2) is 5.11 Å². The van der Waals surface area contributed by atoms with Crippen LogP contribution in [0, 0.1) is 0 Å². The maximum Gasteiger partial charge on any atom is 0.276 e. The molecule has 2 aliphatic rings. The summed E-state index contributed by atoms with van der Waals surface area (Å²) in [6.07, 6.45) is 8.76. The number of hydrogen-bond acceptors (Lipinski definition) is 3. The summed E-state index contributed by atoms with van der Waals surface area (Å²) in [5.41, 5.74) is 0.620. The van der Waals surface area contributed by atoms with Gasteiger partial charge in [-0.2, -0.15) is 0 Å². The molecule has 1 aliphatic carbocycles. The first-order valence-corrected chi connectivity index (χ1v) is 8.86. The molecule has 0 bridgehead atoms. The first kappa shape index (κ1) is 14.7. The van der Waals surface area contributed by atoms with Crippen molar-refractivity contribution in [2.45, 2.75) is 51.5 Å². The van der Waals surface area contributed by atoms with Gasteiger partial charge in [0, 0.05) is 15.8 Å². The fourth-order valence-electron chi connectivity index (χ4n) is 3.02. The van der Waals surface area contributed by atoms with E-state index in [0.717, 1.165) is 24.1 Å². The third-order valence-electron chi connectivity index (χ3n) is 4.17. The Morgan fingerprint density at radius 2 is 2.14 bits per heavy atom. The molecule has 1 amide bonds. The first-order chi connectivity index (χ1) is 10.2. The highest BCUT2D eigenvalue weighted by Crippen LogP contribution is 2.27. The number of carbonyl (C=O) groups is 1. The van der Waals surface area contributed by atoms with Crippen molar-refractivity contribution in [3.8, 4) is 0 Å². The molecule has 1 N–H and O–H groups in total. The summed E-state index contributed by atoms with van der Waals surface area (Å²) in [7, 11) is 0. The molecule has 0 spiro atoms. The van der Waals surface area contributed by atoms with Crippen molar-refractivity contribution in [2.75, 3.05) is 0 Å². The molecule has 2 heterocycles. The molecular weight excluding hydrogens is 300 g/mol. The van der Waals surface area contributed by atoms with Crippen LogP contribution in [0.5, 0.6) is 0 Å². The van der Waals surface area contributed by atoms with E-state index < -0.39 is 0 Å². The van der Waals surface area contributed by atoms with Crippen molar-refractivity contribution >= 4 is 40.7 Å². The summed E-state index contributed by atoms with van der Waals surface area (Å²) in [5.74, 6) is 0.0401. The summed E-state index contributed by atoms with van der Waals surface area (Å²) < 4.78 is 0. The highest BCUT2D eigenvalue weighted by atomic mass is 32.1. The van der Waals surface area contributed by atoms with Crippen LogP contribution in [0.2, 0.25) is 0 Å². The molecule has 1 saturated heterocycles. The van der Waals surface area contributed by atoms with Gasteiger partial charge in [0.25, 0.3) is 5.91 Å². The SMILES string of the molecule is CCc1ccc(/C=C2\NC(=S)N(C3CCCCC3)C2=O)s1. The van der Waals surface area contributed by atoms with Crippen molar-refractivity contribution in [2.24, 2.45) is 0 Å². The number of thiocarbonyl (C=S) groups is 1. The van der Waals surface area contributed by atoms with Gasteiger partial charge in [-0.25, -0.2) is 0 Å². The van der Waals surface area contributed by atoms with E-state index in [1.165, 1.54) is 24.1 Å². The largest absolute Gasteiger partial charge is 0.328 e. The Labute approximate surface area is 135 Å². The Morgan fingerprint density at radius 1 is 1.38 bits per heavy atom. The number of hydrogen-bond donors (Lipinski definition) is 1. The molecule has 21 heavy (non-hydrogen) atoms. The zero-order valence-corrected chi connectivity index (χ0v) is 13.9. The smallest absolute Gasteiger partial charge is 0.276 e. The Kier molecular flexibility index (Phi) is 4.40. The number of nitrogens with one attached hydrogen (secondary N) is 1. The average Bonchev–Trinajstić information content (AvgIpc) is 3.05. The zero-order valence-electron chi connectivity index (χ0n) is 12.2. The molecule has 3 rings (SSSR count). The summed E-state index contributed by atoms with van der Waals surface area (Å²) >= 11 is 7.11. The third-order valence-corrected chi connectivity index (χ3v) is 5.64. The lowest BCUT2D eigenvalue weighted by atomic mass is 9.94. The normalized spacial score (nSPS) is 22.1. The molecule has 0 unspecified atom stereocenters. The van der Waals surface area contributed by atoms with Crippen LogP contribution in [-0.4, -0.2) is 22.0 Å². The minimum atomic E-state index is 0.0401. The Balaban J connectivity index is 1.79. The van der Waals surface area contributed by atoms with Gasteiger partial charge in [-0.15, -0.1) is 11.3 Å². The van der Waals surface area contributed by atoms with Crippen LogP contribution in [0.15, 0.2) is 17.8 Å². The van der Waals surface area contributed by atoms with Crippen molar-refractivity contribution in [1.29, 1.82) is 0 Å². The van der Waals surface area contributed by atoms with E-state index in [2.05, 4.69) is 24.4 Å². The number of amides is 1. The molecule has 2 fully saturated rings. The van der Waals surface area contributed by atoms with Crippen molar-refractivity contribution in [3.63, 3.8) is 0 Å². The molecule has 1 aromatic rings. The Bertz CT molecular complexity index is 585. The zero-order chi connectivity index (χ0) is 14.8. The predicted molar refractivity (Wildman–Crippen MR) is 91.1 cm³/mol. The highest BCUT2D eigenvalue weighted by molar-refractivity contribution is 7.80. The third kappa shape index (κ3) is 3.04. The van der Waals surface area contributed by atoms with Crippen LogP contribution in [-0.2, 0) is 11.2 Å². The van der Waals surface area contributed by atoms with Crippen LogP contribution < -0.4 is 5.32 Å². The lowest BCUT2D eigenvalue weighted by Gasteiger charge is -2.29. The molecule has 1 saturated carbocycles. The van der Waals surface area contributed by atoms with E-state index in [4.69, 9.17) is 12.2 Å². The molecule has 1 aromatic heterocycles. The molecule has 0 aromatic carbocycles. The molecule has 5 heteroatoms. The summed E-state index contributed by atoms with van der Waals surface area (Å²) in [4.78, 5) is 16.8. The van der Waals surface area contributed by atoms with Gasteiger partial charge in [0.2, 0.25) is 0 Å². The van der Waals surface area contributed by atoms with Crippen molar-refractivity contribution in [1.82, 2.24) is 10.2 Å². The van der Waals surface area contributed by atoms with Gasteiger partial charge < -0.3 is 5.32 Å². The van der Waals surface area contributed by atoms with Crippen LogP contribution in [0.1, 0.15) is 48.8 Å². The van der Waals surface area contributed by atoms with E-state index in [1.54, 1.807) is 16.2 Å². The van der Waals surface area contributed by atoms with Crippen LogP contribution in [0.25, 0.3) is 6.08 Å². The highest BCUT2D eigenvalue weighted by Gasteiger charge is 2.36. The van der Waals surface area contributed by atoms with E-state index in [1.807, 2.05) is 6.08 Å². The molecule has 1 aliphatic heterocycles. The second kappa shape index (κ2) is 6.28. The standard InChI is InChI=1S/C16H20N2OS2/c1-2-12-8-9-13(21-12)10-14-15(19)18(16(20)17-14)11-6-4-3-5-7-11/h8-11H,2-7H2,1H3,(H,17,20)/b14-10-. The predicted octanol–water partition coefficient (Wildman–Crippen LogP) is 3.70. The van der Waals surface area contributed by atoms with E-state index in [-0.39, 0.29) is 11.9 Å². The number of carbonyl (C=O) groups excluding carboxylic acids is 1. The lowest BCUT2D eigenvalue weighted by Crippen LogP contribution is -2.41. The van der Waals surface area contributed by atoms with Crippen LogP contribution >= 0.6 is 23.6 Å². The average molecular weight is 320 g/mol. The van der Waals surface area contributed by atoms with E-state index >= 15 is 0 Å². The van der Waals surface area contributed by atoms with Crippen molar-refractivity contribution < 1.29 is 4.79 Å². The van der Waals surface area contributed by atoms with E-state index in [9.17, 15) is 4.79 Å². The summed E-state index contributed by atoms with van der Waals surface area (Å²) in [6.45, 7) is 2.14. The molecule has 0 atom stereocenters. The Hall–Kier alpha value is -1.20.